The molecule has 0 saturated carbocycles. The molecule has 2 rings (SSSR count). The van der Waals surface area contributed by atoms with Gasteiger partial charge in [-0.05, 0) is 30.9 Å². The van der Waals surface area contributed by atoms with Crippen molar-refractivity contribution in [3.05, 3.63) is 47.7 Å². The van der Waals surface area contributed by atoms with Crippen LogP contribution in [0.3, 0.4) is 0 Å². The highest BCUT2D eigenvalue weighted by molar-refractivity contribution is 5.82. The predicted octanol–water partition coefficient (Wildman–Crippen LogP) is 1.69. The Labute approximate surface area is 113 Å². The molecule has 4 heteroatoms. The third-order valence-electron chi connectivity index (χ3n) is 3.22. The van der Waals surface area contributed by atoms with E-state index < -0.39 is 0 Å². The first kappa shape index (κ1) is 13.6. The Morgan fingerprint density at radius 3 is 2.95 bits per heavy atom. The molecule has 0 aliphatic heterocycles. The summed E-state index contributed by atoms with van der Waals surface area (Å²) in [6.45, 7) is 0. The molecule has 0 fully saturated rings. The fraction of sp³-hybridized carbons (Fsp3) is 0.400. The minimum Gasteiger partial charge on any atom is -0.459 e. The minimum atomic E-state index is -0.313. The second kappa shape index (κ2) is 6.38. The molecular weight excluding hydrogens is 240 g/mol. The first-order valence-electron chi connectivity index (χ1n) is 6.60. The lowest BCUT2D eigenvalue weighted by molar-refractivity contribution is -0.143. The average molecular weight is 260 g/mol. The number of esters is 1. The number of carbonyl (C=O) groups excluding carboxylic acids is 1. The third-order valence-corrected chi connectivity index (χ3v) is 3.22. The maximum absolute atomic E-state index is 11.7. The number of hydrogen-bond donors (Lipinski definition) is 2. The number of carbonyl (C=O) groups is 1. The summed E-state index contributed by atoms with van der Waals surface area (Å²) in [6, 6.07) is 0.0344. The van der Waals surface area contributed by atoms with Gasteiger partial charge < -0.3 is 16.2 Å². The Kier molecular flexibility index (Phi) is 4.58. The molecule has 102 valence electrons. The zero-order chi connectivity index (χ0) is 13.7. The molecule has 0 aromatic heterocycles. The largest absolute Gasteiger partial charge is 0.459 e. The molecule has 0 radical (unpaired) electrons. The summed E-state index contributed by atoms with van der Waals surface area (Å²) in [5, 5.41) is 0. The summed E-state index contributed by atoms with van der Waals surface area (Å²) in [4.78, 5) is 11.7. The van der Waals surface area contributed by atoms with Gasteiger partial charge in [0.1, 0.15) is 6.10 Å². The van der Waals surface area contributed by atoms with E-state index in [2.05, 4.69) is 0 Å². The van der Waals surface area contributed by atoms with Gasteiger partial charge in [-0.15, -0.1) is 0 Å². The highest BCUT2D eigenvalue weighted by Gasteiger charge is 2.16. The minimum absolute atomic E-state index is 0.0344. The third kappa shape index (κ3) is 4.41. The van der Waals surface area contributed by atoms with Crippen LogP contribution in [0.1, 0.15) is 25.7 Å². The van der Waals surface area contributed by atoms with Crippen LogP contribution in [0.5, 0.6) is 0 Å². The number of hydrogen-bond acceptors (Lipinski definition) is 4. The van der Waals surface area contributed by atoms with Gasteiger partial charge in [-0.25, -0.2) is 4.79 Å². The van der Waals surface area contributed by atoms with Crippen molar-refractivity contribution in [2.45, 2.75) is 37.8 Å². The molecule has 0 bridgehead atoms. The topological polar surface area (TPSA) is 78.3 Å². The van der Waals surface area contributed by atoms with Gasteiger partial charge in [0.15, 0.2) is 0 Å². The van der Waals surface area contributed by atoms with Crippen LogP contribution < -0.4 is 11.5 Å². The molecule has 4 nitrogen and oxygen atoms in total. The molecule has 2 aliphatic rings. The summed E-state index contributed by atoms with van der Waals surface area (Å²) in [5.74, 6) is -0.313. The summed E-state index contributed by atoms with van der Waals surface area (Å²) < 4.78 is 5.35. The quantitative estimate of drug-likeness (QED) is 0.598. The lowest BCUT2D eigenvalue weighted by Gasteiger charge is -2.19. The van der Waals surface area contributed by atoms with Crippen molar-refractivity contribution >= 4 is 5.97 Å². The van der Waals surface area contributed by atoms with E-state index in [1.165, 1.54) is 6.08 Å². The van der Waals surface area contributed by atoms with E-state index in [1.54, 1.807) is 6.08 Å². The van der Waals surface area contributed by atoms with Gasteiger partial charge in [0.25, 0.3) is 0 Å². The molecule has 2 unspecified atom stereocenters. The van der Waals surface area contributed by atoms with Gasteiger partial charge in [-0.3, -0.25) is 0 Å². The molecule has 2 aliphatic carbocycles. The Hall–Kier alpha value is -1.81. The molecule has 0 amide bonds. The normalized spacial score (nSPS) is 27.0. The summed E-state index contributed by atoms with van der Waals surface area (Å²) >= 11 is 0. The van der Waals surface area contributed by atoms with E-state index in [-0.39, 0.29) is 18.1 Å². The van der Waals surface area contributed by atoms with E-state index in [9.17, 15) is 4.79 Å². The standard InChI is InChI=1S/C15H20N2O2/c16-12-5-7-14(8-6-12)19-15(18)9-4-11-2-1-3-13(17)10-11/h1-2,4-5,9-10,13-14H,3,6-8,16-17H2/b9-4+. The van der Waals surface area contributed by atoms with Crippen LogP contribution in [-0.4, -0.2) is 18.1 Å². The van der Waals surface area contributed by atoms with Crippen LogP contribution in [0.4, 0.5) is 0 Å². The van der Waals surface area contributed by atoms with Crippen molar-refractivity contribution in [3.63, 3.8) is 0 Å². The molecule has 0 saturated heterocycles. The van der Waals surface area contributed by atoms with Crippen molar-refractivity contribution in [1.82, 2.24) is 0 Å². The van der Waals surface area contributed by atoms with Crippen LogP contribution in [0.2, 0.25) is 0 Å². The summed E-state index contributed by atoms with van der Waals surface area (Å²) in [7, 11) is 0. The van der Waals surface area contributed by atoms with Crippen LogP contribution >= 0.6 is 0 Å². The zero-order valence-corrected chi connectivity index (χ0v) is 10.9. The smallest absolute Gasteiger partial charge is 0.331 e. The molecule has 0 heterocycles. The monoisotopic (exact) mass is 260 g/mol. The fourth-order valence-corrected chi connectivity index (χ4v) is 2.15. The van der Waals surface area contributed by atoms with Crippen molar-refractivity contribution in [2.75, 3.05) is 0 Å². The molecule has 2 atom stereocenters. The number of rotatable bonds is 3. The van der Waals surface area contributed by atoms with Crippen molar-refractivity contribution < 1.29 is 9.53 Å². The van der Waals surface area contributed by atoms with Crippen molar-refractivity contribution in [2.24, 2.45) is 11.5 Å². The number of nitrogens with two attached hydrogens (primary N) is 2. The molecular formula is C15H20N2O2. The number of allylic oxidation sites excluding steroid dienone is 4. The van der Waals surface area contributed by atoms with E-state index in [1.807, 2.05) is 24.3 Å². The first-order valence-corrected chi connectivity index (χ1v) is 6.60. The van der Waals surface area contributed by atoms with Gasteiger partial charge in [0, 0.05) is 24.2 Å². The highest BCUT2D eigenvalue weighted by atomic mass is 16.5. The van der Waals surface area contributed by atoms with Gasteiger partial charge in [0.2, 0.25) is 0 Å². The lowest BCUT2D eigenvalue weighted by atomic mass is 10.0. The van der Waals surface area contributed by atoms with Crippen LogP contribution in [0, 0.1) is 0 Å². The van der Waals surface area contributed by atoms with E-state index >= 15 is 0 Å². The van der Waals surface area contributed by atoms with Gasteiger partial charge in [-0.2, -0.15) is 0 Å². The van der Waals surface area contributed by atoms with Gasteiger partial charge >= 0.3 is 5.97 Å². The molecule has 19 heavy (non-hydrogen) atoms. The second-order valence-corrected chi connectivity index (χ2v) is 4.91. The Morgan fingerprint density at radius 2 is 2.26 bits per heavy atom. The Morgan fingerprint density at radius 1 is 1.42 bits per heavy atom. The highest BCUT2D eigenvalue weighted by Crippen LogP contribution is 2.18. The Bertz CT molecular complexity index is 461. The van der Waals surface area contributed by atoms with Crippen molar-refractivity contribution in [3.8, 4) is 0 Å². The first-order chi connectivity index (χ1) is 9.13. The SMILES string of the molecule is NC1=CCC(OC(=O)/C=C/C2=CC(N)CC=C2)CC1. The van der Waals surface area contributed by atoms with Crippen molar-refractivity contribution in [1.29, 1.82) is 0 Å². The van der Waals surface area contributed by atoms with Gasteiger partial charge in [-0.1, -0.05) is 24.3 Å². The van der Waals surface area contributed by atoms with E-state index in [0.29, 0.717) is 6.42 Å². The number of ether oxygens (including phenoxy) is 1. The molecule has 4 N–H and O–H groups in total. The van der Waals surface area contributed by atoms with E-state index in [4.69, 9.17) is 16.2 Å². The van der Waals surface area contributed by atoms with Gasteiger partial charge in [0.05, 0.1) is 0 Å². The maximum atomic E-state index is 11.7. The molecule has 0 aromatic rings. The average Bonchev–Trinajstić information content (AvgIpc) is 2.39. The second-order valence-electron chi connectivity index (χ2n) is 4.91. The predicted molar refractivity (Wildman–Crippen MR) is 75.0 cm³/mol. The molecule has 0 spiro atoms. The summed E-state index contributed by atoms with van der Waals surface area (Å²) in [6.07, 6.45) is 14.1. The fourth-order valence-electron chi connectivity index (χ4n) is 2.15. The van der Waals surface area contributed by atoms with Crippen LogP contribution in [0.15, 0.2) is 47.7 Å². The zero-order valence-electron chi connectivity index (χ0n) is 10.9. The van der Waals surface area contributed by atoms with E-state index in [0.717, 1.165) is 30.5 Å². The van der Waals surface area contributed by atoms with Crippen LogP contribution in [0.25, 0.3) is 0 Å². The lowest BCUT2D eigenvalue weighted by Crippen LogP contribution is -2.21. The van der Waals surface area contributed by atoms with Crippen LogP contribution in [-0.2, 0) is 9.53 Å². The summed E-state index contributed by atoms with van der Waals surface area (Å²) in [5.41, 5.74) is 13.3. The maximum Gasteiger partial charge on any atom is 0.331 e. The molecule has 0 aromatic carbocycles. The Balaban J connectivity index is 1.83.